The van der Waals surface area contributed by atoms with Crippen LogP contribution in [0.1, 0.15) is 43.0 Å². The smallest absolute Gasteiger partial charge is 0.343 e. The third-order valence-electron chi connectivity index (χ3n) is 3.91. The third-order valence-corrected chi connectivity index (χ3v) is 4.89. The van der Waals surface area contributed by atoms with Crippen molar-refractivity contribution >= 4 is 17.7 Å². The zero-order valence-electron chi connectivity index (χ0n) is 14.5. The molecule has 1 atom stereocenters. The summed E-state index contributed by atoms with van der Waals surface area (Å²) < 4.78 is 1.56. The number of hydrogen-bond donors (Lipinski definition) is 2. The summed E-state index contributed by atoms with van der Waals surface area (Å²) in [5.74, 6) is 0.146. The van der Waals surface area contributed by atoms with Gasteiger partial charge in [-0.25, -0.2) is 9.89 Å². The van der Waals surface area contributed by atoms with Gasteiger partial charge in [0, 0.05) is 6.54 Å². The number of aromatic amines is 1. The van der Waals surface area contributed by atoms with Gasteiger partial charge >= 0.3 is 5.69 Å². The lowest BCUT2D eigenvalue weighted by atomic mass is 10.0. The van der Waals surface area contributed by atoms with Crippen LogP contribution >= 0.6 is 11.8 Å². The Hall–Kier alpha value is -2.02. The lowest BCUT2D eigenvalue weighted by Crippen LogP contribution is -2.28. The van der Waals surface area contributed by atoms with Gasteiger partial charge in [-0.2, -0.15) is 0 Å². The SMILES string of the molecule is CCCn1c(SCC(=O)N[C@@H](C)c2ccc(C)c(C)c2)n[nH]c1=O. The minimum Gasteiger partial charge on any atom is -0.349 e. The van der Waals surface area contributed by atoms with E-state index in [1.54, 1.807) is 4.57 Å². The van der Waals surface area contributed by atoms with Crippen molar-refractivity contribution in [3.8, 4) is 0 Å². The van der Waals surface area contributed by atoms with E-state index in [-0.39, 0.29) is 23.4 Å². The van der Waals surface area contributed by atoms with E-state index < -0.39 is 0 Å². The van der Waals surface area contributed by atoms with Crippen LogP contribution in [-0.2, 0) is 11.3 Å². The standard InChI is InChI=1S/C17H24N4O2S/c1-5-8-21-16(23)19-20-17(21)24-10-15(22)18-13(4)14-7-6-11(2)12(3)9-14/h6-7,9,13H,5,8,10H2,1-4H3,(H,18,22)(H,19,23)/t13-/m0/s1. The van der Waals surface area contributed by atoms with Crippen molar-refractivity contribution in [3.05, 3.63) is 45.4 Å². The first-order valence-corrected chi connectivity index (χ1v) is 9.05. The molecule has 2 aromatic rings. The Morgan fingerprint density at radius 2 is 2.12 bits per heavy atom. The van der Waals surface area contributed by atoms with E-state index in [4.69, 9.17) is 0 Å². The van der Waals surface area contributed by atoms with Crippen molar-refractivity contribution in [2.45, 2.75) is 51.9 Å². The molecule has 24 heavy (non-hydrogen) atoms. The minimum atomic E-state index is -0.233. The molecule has 1 amide bonds. The zero-order chi connectivity index (χ0) is 17.7. The molecule has 1 aromatic carbocycles. The predicted molar refractivity (Wildman–Crippen MR) is 96.3 cm³/mol. The normalized spacial score (nSPS) is 12.2. The van der Waals surface area contributed by atoms with E-state index in [2.05, 4.69) is 41.5 Å². The van der Waals surface area contributed by atoms with Crippen LogP contribution < -0.4 is 11.0 Å². The average Bonchev–Trinajstić information content (AvgIpc) is 2.89. The number of aromatic nitrogens is 3. The highest BCUT2D eigenvalue weighted by atomic mass is 32.2. The summed E-state index contributed by atoms with van der Waals surface area (Å²) in [7, 11) is 0. The van der Waals surface area contributed by atoms with Crippen LogP contribution in [0.15, 0.2) is 28.2 Å². The van der Waals surface area contributed by atoms with Crippen LogP contribution in [0.5, 0.6) is 0 Å². The first-order valence-electron chi connectivity index (χ1n) is 8.07. The van der Waals surface area contributed by atoms with Gasteiger partial charge in [-0.1, -0.05) is 36.9 Å². The molecule has 0 saturated heterocycles. The van der Waals surface area contributed by atoms with Gasteiger partial charge in [0.05, 0.1) is 11.8 Å². The van der Waals surface area contributed by atoms with Gasteiger partial charge in [-0.15, -0.1) is 5.10 Å². The van der Waals surface area contributed by atoms with Crippen molar-refractivity contribution in [2.75, 3.05) is 5.75 Å². The zero-order valence-corrected chi connectivity index (χ0v) is 15.4. The summed E-state index contributed by atoms with van der Waals surface area (Å²) in [5.41, 5.74) is 3.30. The van der Waals surface area contributed by atoms with E-state index in [1.807, 2.05) is 19.9 Å². The number of carbonyl (C=O) groups is 1. The highest BCUT2D eigenvalue weighted by molar-refractivity contribution is 7.99. The monoisotopic (exact) mass is 348 g/mol. The number of H-pyrrole nitrogens is 1. The van der Waals surface area contributed by atoms with Gasteiger partial charge in [0.1, 0.15) is 0 Å². The topological polar surface area (TPSA) is 79.8 Å². The van der Waals surface area contributed by atoms with E-state index in [0.717, 1.165) is 12.0 Å². The molecular weight excluding hydrogens is 324 g/mol. The van der Waals surface area contributed by atoms with E-state index in [9.17, 15) is 9.59 Å². The van der Waals surface area contributed by atoms with Crippen LogP contribution in [-0.4, -0.2) is 26.4 Å². The third kappa shape index (κ3) is 4.50. The molecule has 0 aliphatic heterocycles. The van der Waals surface area contributed by atoms with Crippen LogP contribution in [0.25, 0.3) is 0 Å². The van der Waals surface area contributed by atoms with Gasteiger partial charge in [0.15, 0.2) is 5.16 Å². The number of carbonyl (C=O) groups excluding carboxylic acids is 1. The molecule has 7 heteroatoms. The molecule has 0 fully saturated rings. The maximum Gasteiger partial charge on any atom is 0.343 e. The number of nitrogens with zero attached hydrogens (tertiary/aromatic N) is 2. The summed E-state index contributed by atoms with van der Waals surface area (Å²) >= 11 is 1.27. The number of benzene rings is 1. The van der Waals surface area contributed by atoms with Crippen molar-refractivity contribution in [2.24, 2.45) is 0 Å². The number of aryl methyl sites for hydroxylation is 2. The molecular formula is C17H24N4O2S. The van der Waals surface area contributed by atoms with Gasteiger partial charge < -0.3 is 5.32 Å². The molecule has 0 unspecified atom stereocenters. The Morgan fingerprint density at radius 1 is 1.38 bits per heavy atom. The molecule has 1 aromatic heterocycles. The van der Waals surface area contributed by atoms with Crippen molar-refractivity contribution in [1.82, 2.24) is 20.1 Å². The van der Waals surface area contributed by atoms with E-state index in [1.165, 1.54) is 22.9 Å². The highest BCUT2D eigenvalue weighted by Gasteiger charge is 2.13. The van der Waals surface area contributed by atoms with Crippen LogP contribution in [0.3, 0.4) is 0 Å². The fraction of sp³-hybridized carbons (Fsp3) is 0.471. The summed E-state index contributed by atoms with van der Waals surface area (Å²) in [4.78, 5) is 23.8. The first kappa shape index (κ1) is 18.3. The van der Waals surface area contributed by atoms with E-state index in [0.29, 0.717) is 11.7 Å². The largest absolute Gasteiger partial charge is 0.349 e. The van der Waals surface area contributed by atoms with Crippen LogP contribution in [0.4, 0.5) is 0 Å². The number of thioether (sulfide) groups is 1. The fourth-order valence-corrected chi connectivity index (χ4v) is 3.15. The molecule has 0 spiro atoms. The van der Waals surface area contributed by atoms with E-state index >= 15 is 0 Å². The lowest BCUT2D eigenvalue weighted by molar-refractivity contribution is -0.119. The van der Waals surface area contributed by atoms with Gasteiger partial charge in [0.2, 0.25) is 5.91 Å². The summed E-state index contributed by atoms with van der Waals surface area (Å²) in [6, 6.07) is 6.14. The summed E-state index contributed by atoms with van der Waals surface area (Å²) in [6.45, 7) is 8.69. The molecule has 2 N–H and O–H groups in total. The maximum atomic E-state index is 12.2. The fourth-order valence-electron chi connectivity index (χ4n) is 2.36. The Bertz CT molecular complexity index is 766. The molecule has 6 nitrogen and oxygen atoms in total. The second-order valence-corrected chi connectivity index (χ2v) is 6.83. The number of rotatable bonds is 7. The van der Waals surface area contributed by atoms with Gasteiger partial charge in [-0.3, -0.25) is 9.36 Å². The molecule has 2 rings (SSSR count). The summed E-state index contributed by atoms with van der Waals surface area (Å²) in [6.07, 6.45) is 0.836. The number of amides is 1. The van der Waals surface area contributed by atoms with Gasteiger partial charge in [0.25, 0.3) is 0 Å². The van der Waals surface area contributed by atoms with Crippen LogP contribution in [0.2, 0.25) is 0 Å². The Kier molecular flexibility index (Phi) is 6.25. The second-order valence-electron chi connectivity index (χ2n) is 5.88. The van der Waals surface area contributed by atoms with Gasteiger partial charge in [-0.05, 0) is 43.9 Å². The van der Waals surface area contributed by atoms with Crippen molar-refractivity contribution < 1.29 is 4.79 Å². The Balaban J connectivity index is 1.93. The first-order chi connectivity index (χ1) is 11.4. The molecule has 0 radical (unpaired) electrons. The molecule has 130 valence electrons. The summed E-state index contributed by atoms with van der Waals surface area (Å²) in [5, 5.41) is 9.94. The molecule has 0 aliphatic carbocycles. The highest BCUT2D eigenvalue weighted by Crippen LogP contribution is 2.18. The quantitative estimate of drug-likeness (QED) is 0.754. The Morgan fingerprint density at radius 3 is 2.79 bits per heavy atom. The Labute approximate surface area is 146 Å². The number of nitrogens with one attached hydrogen (secondary N) is 2. The second kappa shape index (κ2) is 8.19. The average molecular weight is 348 g/mol. The van der Waals surface area contributed by atoms with Crippen LogP contribution in [0, 0.1) is 13.8 Å². The molecule has 0 saturated carbocycles. The van der Waals surface area contributed by atoms with Crippen molar-refractivity contribution in [1.29, 1.82) is 0 Å². The number of hydrogen-bond acceptors (Lipinski definition) is 4. The lowest BCUT2D eigenvalue weighted by Gasteiger charge is -2.15. The molecule has 1 heterocycles. The van der Waals surface area contributed by atoms with Crippen molar-refractivity contribution in [3.63, 3.8) is 0 Å². The maximum absolute atomic E-state index is 12.2. The minimum absolute atomic E-state index is 0.0607. The predicted octanol–water partition coefficient (Wildman–Crippen LogP) is 2.57. The molecule has 0 bridgehead atoms. The molecule has 0 aliphatic rings.